The number of fused-ring (bicyclic) bond motifs is 1. The molecule has 4 heterocycles. The lowest BCUT2D eigenvalue weighted by molar-refractivity contribution is 0.397. The fraction of sp³-hybridized carbons (Fsp3) is 0.381. The second kappa shape index (κ2) is 9.22. The summed E-state index contributed by atoms with van der Waals surface area (Å²) in [5.74, 6) is -0.119. The topological polar surface area (TPSA) is 145 Å². The highest BCUT2D eigenvalue weighted by atomic mass is 32.2. The molecule has 1 saturated carbocycles. The molecule has 0 saturated heterocycles. The number of halogens is 1. The Morgan fingerprint density at radius 1 is 1.18 bits per heavy atom. The van der Waals surface area contributed by atoms with Gasteiger partial charge in [0.2, 0.25) is 5.88 Å². The van der Waals surface area contributed by atoms with Crippen LogP contribution >= 0.6 is 0 Å². The lowest BCUT2D eigenvalue weighted by Gasteiger charge is -2.24. The number of pyridine rings is 2. The molecule has 10 nitrogen and oxygen atoms in total. The fourth-order valence-corrected chi connectivity index (χ4v) is 4.46. The van der Waals surface area contributed by atoms with Crippen LogP contribution in [0.1, 0.15) is 37.8 Å². The zero-order valence-electron chi connectivity index (χ0n) is 18.2. The molecule has 2 aliphatic rings. The summed E-state index contributed by atoms with van der Waals surface area (Å²) in [5, 5.41) is 2.07. The van der Waals surface area contributed by atoms with Gasteiger partial charge in [-0.25, -0.2) is 32.7 Å². The number of nitrogens with two attached hydrogens (primary N) is 1. The summed E-state index contributed by atoms with van der Waals surface area (Å²) < 4.78 is 44.2. The maximum absolute atomic E-state index is 14.5. The van der Waals surface area contributed by atoms with Gasteiger partial charge in [0.05, 0.1) is 36.8 Å². The van der Waals surface area contributed by atoms with Gasteiger partial charge < -0.3 is 15.8 Å². The summed E-state index contributed by atoms with van der Waals surface area (Å²) in [6.07, 6.45) is 8.47. The van der Waals surface area contributed by atoms with Gasteiger partial charge in [-0.05, 0) is 19.1 Å². The first kappa shape index (κ1) is 22.8. The van der Waals surface area contributed by atoms with Crippen LogP contribution in [0.5, 0.6) is 5.88 Å². The Labute approximate surface area is 190 Å². The van der Waals surface area contributed by atoms with Crippen LogP contribution in [-0.4, -0.2) is 52.3 Å². The van der Waals surface area contributed by atoms with Gasteiger partial charge in [0.25, 0.3) is 0 Å². The highest BCUT2D eigenvalue weighted by Crippen LogP contribution is 2.30. The lowest BCUT2D eigenvalue weighted by Crippen LogP contribution is -2.40. The summed E-state index contributed by atoms with van der Waals surface area (Å²) >= 11 is 0. The molecule has 1 aliphatic heterocycles. The van der Waals surface area contributed by atoms with Gasteiger partial charge in [0, 0.05) is 11.8 Å². The number of aromatic nitrogens is 4. The first-order chi connectivity index (χ1) is 15.8. The van der Waals surface area contributed by atoms with E-state index in [1.807, 2.05) is 0 Å². The SMILES string of the molecule is C1CC1.COc1cnc2c(Nc3cc(C4CS(=O)(=O)C(C)C(N)=N4)c(F)cn3)nccc2n1. The quantitative estimate of drug-likeness (QED) is 0.584. The smallest absolute Gasteiger partial charge is 0.232 e. The maximum Gasteiger partial charge on any atom is 0.232 e. The minimum Gasteiger partial charge on any atom is -0.480 e. The molecule has 3 aromatic rings. The Morgan fingerprint density at radius 2 is 1.94 bits per heavy atom. The summed E-state index contributed by atoms with van der Waals surface area (Å²) in [4.78, 5) is 21.0. The molecule has 0 spiro atoms. The second-order valence-electron chi connectivity index (χ2n) is 7.76. The number of nitrogens with one attached hydrogen (secondary N) is 1. The van der Waals surface area contributed by atoms with Crippen LogP contribution in [0.15, 0.2) is 35.7 Å². The van der Waals surface area contributed by atoms with E-state index in [2.05, 4.69) is 30.2 Å². The van der Waals surface area contributed by atoms with Crippen molar-refractivity contribution < 1.29 is 17.5 Å². The van der Waals surface area contributed by atoms with E-state index < -0.39 is 26.9 Å². The minimum atomic E-state index is -3.54. The van der Waals surface area contributed by atoms with Crippen molar-refractivity contribution >= 4 is 38.3 Å². The van der Waals surface area contributed by atoms with E-state index in [0.29, 0.717) is 22.7 Å². The number of methoxy groups -OCH3 is 1. The molecule has 174 valence electrons. The minimum absolute atomic E-state index is 0.0445. The van der Waals surface area contributed by atoms with Crippen molar-refractivity contribution in [3.8, 4) is 5.88 Å². The number of aliphatic imine (C=N–C) groups is 1. The first-order valence-corrected chi connectivity index (χ1v) is 12.1. The zero-order chi connectivity index (χ0) is 23.6. The number of hydrogen-bond acceptors (Lipinski definition) is 10. The van der Waals surface area contributed by atoms with Crippen LogP contribution < -0.4 is 15.8 Å². The highest BCUT2D eigenvalue weighted by molar-refractivity contribution is 7.92. The van der Waals surface area contributed by atoms with E-state index in [4.69, 9.17) is 10.5 Å². The predicted molar refractivity (Wildman–Crippen MR) is 123 cm³/mol. The van der Waals surface area contributed by atoms with Gasteiger partial charge in [-0.15, -0.1) is 0 Å². The summed E-state index contributed by atoms with van der Waals surface area (Å²) in [5.41, 5.74) is 6.83. The normalized spacial score (nSPS) is 20.9. The maximum atomic E-state index is 14.5. The van der Waals surface area contributed by atoms with Crippen LogP contribution in [0.25, 0.3) is 11.0 Å². The Bertz CT molecular complexity index is 1310. The molecular formula is C21H24FN7O3S. The fourth-order valence-electron chi connectivity index (χ4n) is 3.05. The van der Waals surface area contributed by atoms with Gasteiger partial charge in [0.1, 0.15) is 28.2 Å². The average Bonchev–Trinajstić information content (AvgIpc) is 3.68. The monoisotopic (exact) mass is 473 g/mol. The second-order valence-corrected chi connectivity index (χ2v) is 10.1. The molecule has 2 unspecified atom stereocenters. The predicted octanol–water partition coefficient (Wildman–Crippen LogP) is 2.70. The number of ether oxygens (including phenoxy) is 1. The first-order valence-electron chi connectivity index (χ1n) is 10.4. The van der Waals surface area contributed by atoms with Crippen LogP contribution in [-0.2, 0) is 9.84 Å². The Morgan fingerprint density at radius 3 is 2.61 bits per heavy atom. The standard InChI is InChI=1S/C18H18FN7O3S.C3H6/c1-9-17(20)25-13(8-30(9,27)28)10-5-14(22-6-11(10)19)26-18-16-12(3-4-21-18)24-15(29-2)7-23-16;1-2-3-1/h3-7,9,13H,8H2,1-2H3,(H2,20,25)(H,21,22,26);1-3H2. The van der Waals surface area contributed by atoms with E-state index in [9.17, 15) is 12.8 Å². The van der Waals surface area contributed by atoms with Crippen LogP contribution in [0.3, 0.4) is 0 Å². The molecule has 5 rings (SSSR count). The van der Waals surface area contributed by atoms with Gasteiger partial charge >= 0.3 is 0 Å². The zero-order valence-corrected chi connectivity index (χ0v) is 19.0. The largest absolute Gasteiger partial charge is 0.480 e. The Kier molecular flexibility index (Phi) is 6.36. The summed E-state index contributed by atoms with van der Waals surface area (Å²) in [6.45, 7) is 1.46. The summed E-state index contributed by atoms with van der Waals surface area (Å²) in [6, 6.07) is 2.10. The van der Waals surface area contributed by atoms with Crippen molar-refractivity contribution in [2.75, 3.05) is 18.2 Å². The van der Waals surface area contributed by atoms with Crippen molar-refractivity contribution in [2.45, 2.75) is 37.5 Å². The average molecular weight is 474 g/mol. The van der Waals surface area contributed by atoms with E-state index >= 15 is 0 Å². The van der Waals surface area contributed by atoms with Crippen molar-refractivity contribution in [1.29, 1.82) is 0 Å². The number of hydrogen-bond donors (Lipinski definition) is 2. The molecule has 2 atom stereocenters. The third kappa shape index (κ3) is 5.16. The van der Waals surface area contributed by atoms with Crippen LogP contribution in [0.2, 0.25) is 0 Å². The molecule has 0 radical (unpaired) electrons. The third-order valence-corrected chi connectivity index (χ3v) is 7.24. The van der Waals surface area contributed by atoms with Crippen molar-refractivity contribution in [1.82, 2.24) is 19.9 Å². The van der Waals surface area contributed by atoms with Gasteiger partial charge in [-0.1, -0.05) is 19.3 Å². The van der Waals surface area contributed by atoms with Gasteiger partial charge in [0.15, 0.2) is 15.7 Å². The number of anilines is 2. The molecular weight excluding hydrogens is 449 g/mol. The van der Waals surface area contributed by atoms with E-state index in [1.54, 1.807) is 6.07 Å². The van der Waals surface area contributed by atoms with Crippen molar-refractivity contribution in [3.05, 3.63) is 42.1 Å². The van der Waals surface area contributed by atoms with Crippen LogP contribution in [0, 0.1) is 5.82 Å². The van der Waals surface area contributed by atoms with E-state index in [-0.39, 0.29) is 23.0 Å². The van der Waals surface area contributed by atoms with Crippen LogP contribution in [0.4, 0.5) is 16.0 Å². The molecule has 12 heteroatoms. The molecule has 0 aromatic carbocycles. The molecule has 1 fully saturated rings. The van der Waals surface area contributed by atoms with Crippen molar-refractivity contribution in [2.24, 2.45) is 10.7 Å². The van der Waals surface area contributed by atoms with Crippen molar-refractivity contribution in [3.63, 3.8) is 0 Å². The molecule has 0 amide bonds. The van der Waals surface area contributed by atoms with Gasteiger partial charge in [-0.2, -0.15) is 0 Å². The third-order valence-electron chi connectivity index (χ3n) is 5.14. The molecule has 33 heavy (non-hydrogen) atoms. The lowest BCUT2D eigenvalue weighted by atomic mass is 10.1. The number of rotatable bonds is 4. The molecule has 0 bridgehead atoms. The summed E-state index contributed by atoms with van der Waals surface area (Å²) in [7, 11) is -2.05. The number of nitrogens with zero attached hydrogens (tertiary/aromatic N) is 5. The van der Waals surface area contributed by atoms with E-state index in [0.717, 1.165) is 6.20 Å². The number of sulfone groups is 1. The Hall–Kier alpha value is -3.41. The Balaban J connectivity index is 0.000000799. The highest BCUT2D eigenvalue weighted by Gasteiger charge is 2.35. The molecule has 3 N–H and O–H groups in total. The van der Waals surface area contributed by atoms with Gasteiger partial charge in [-0.3, -0.25) is 4.99 Å². The number of amidine groups is 1. The molecule has 1 aliphatic carbocycles. The molecule has 3 aromatic heterocycles. The van der Waals surface area contributed by atoms with E-state index in [1.165, 1.54) is 51.8 Å².